The van der Waals surface area contributed by atoms with E-state index in [1.807, 2.05) is 18.3 Å². The highest BCUT2D eigenvalue weighted by molar-refractivity contribution is 7.10. The van der Waals surface area contributed by atoms with Crippen molar-refractivity contribution in [2.75, 3.05) is 6.54 Å². The minimum Gasteiger partial charge on any atom is -0.310 e. The van der Waals surface area contributed by atoms with E-state index in [2.05, 4.69) is 46.5 Å². The Morgan fingerprint density at radius 1 is 1.35 bits per heavy atom. The van der Waals surface area contributed by atoms with Gasteiger partial charge in [-0.05, 0) is 43.8 Å². The predicted molar refractivity (Wildman–Crippen MR) is 72.5 cm³/mol. The van der Waals surface area contributed by atoms with Crippen molar-refractivity contribution in [3.8, 4) is 0 Å². The SMILES string of the molecule is Cc1cc(C)n(CCNCc2sccc2C)n1. The van der Waals surface area contributed by atoms with Crippen LogP contribution in [0.15, 0.2) is 17.5 Å². The monoisotopic (exact) mass is 249 g/mol. The van der Waals surface area contributed by atoms with E-state index in [0.29, 0.717) is 0 Å². The van der Waals surface area contributed by atoms with Crippen molar-refractivity contribution in [3.05, 3.63) is 39.3 Å². The van der Waals surface area contributed by atoms with Gasteiger partial charge in [0.2, 0.25) is 0 Å². The van der Waals surface area contributed by atoms with Gasteiger partial charge in [0.15, 0.2) is 0 Å². The molecule has 0 spiro atoms. The van der Waals surface area contributed by atoms with Gasteiger partial charge in [-0.1, -0.05) is 0 Å². The van der Waals surface area contributed by atoms with Gasteiger partial charge in [-0.2, -0.15) is 5.10 Å². The van der Waals surface area contributed by atoms with Crippen molar-refractivity contribution in [2.24, 2.45) is 0 Å². The second-order valence-electron chi connectivity index (χ2n) is 4.35. The number of nitrogens with one attached hydrogen (secondary N) is 1. The van der Waals surface area contributed by atoms with Crippen LogP contribution in [-0.4, -0.2) is 16.3 Å². The Labute approximate surface area is 106 Å². The minimum atomic E-state index is 0.935. The Morgan fingerprint density at radius 2 is 2.18 bits per heavy atom. The first kappa shape index (κ1) is 12.3. The number of hydrogen-bond acceptors (Lipinski definition) is 3. The van der Waals surface area contributed by atoms with Gasteiger partial charge in [0.1, 0.15) is 0 Å². The van der Waals surface area contributed by atoms with Crippen molar-refractivity contribution in [3.63, 3.8) is 0 Å². The Kier molecular flexibility index (Phi) is 3.97. The maximum Gasteiger partial charge on any atom is 0.0596 e. The summed E-state index contributed by atoms with van der Waals surface area (Å²) in [6.07, 6.45) is 0. The summed E-state index contributed by atoms with van der Waals surface area (Å²) >= 11 is 1.82. The first-order valence-corrected chi connectivity index (χ1v) is 6.79. The van der Waals surface area contributed by atoms with E-state index in [-0.39, 0.29) is 0 Å². The molecule has 0 radical (unpaired) electrons. The zero-order chi connectivity index (χ0) is 12.3. The minimum absolute atomic E-state index is 0.935. The fourth-order valence-corrected chi connectivity index (χ4v) is 2.75. The summed E-state index contributed by atoms with van der Waals surface area (Å²) in [7, 11) is 0. The summed E-state index contributed by atoms with van der Waals surface area (Å²) in [6.45, 7) is 9.15. The van der Waals surface area contributed by atoms with E-state index in [4.69, 9.17) is 0 Å². The molecule has 92 valence electrons. The molecule has 0 bridgehead atoms. The third-order valence-electron chi connectivity index (χ3n) is 2.86. The third-order valence-corrected chi connectivity index (χ3v) is 3.88. The van der Waals surface area contributed by atoms with E-state index in [0.717, 1.165) is 25.3 Å². The van der Waals surface area contributed by atoms with E-state index >= 15 is 0 Å². The van der Waals surface area contributed by atoms with Gasteiger partial charge >= 0.3 is 0 Å². The van der Waals surface area contributed by atoms with E-state index in [1.54, 1.807) is 0 Å². The van der Waals surface area contributed by atoms with Crippen LogP contribution in [0.5, 0.6) is 0 Å². The molecule has 2 rings (SSSR count). The zero-order valence-electron chi connectivity index (χ0n) is 10.7. The molecule has 2 aromatic heterocycles. The standard InChI is InChI=1S/C13H19N3S/c1-10-4-7-17-13(10)9-14-5-6-16-12(3)8-11(2)15-16/h4,7-8,14H,5-6,9H2,1-3H3. The molecule has 0 atom stereocenters. The van der Waals surface area contributed by atoms with E-state index < -0.39 is 0 Å². The van der Waals surface area contributed by atoms with Crippen molar-refractivity contribution in [1.82, 2.24) is 15.1 Å². The maximum absolute atomic E-state index is 4.44. The molecule has 0 amide bonds. The lowest BCUT2D eigenvalue weighted by atomic mass is 10.3. The summed E-state index contributed by atoms with van der Waals surface area (Å²) in [5.74, 6) is 0. The largest absolute Gasteiger partial charge is 0.310 e. The fourth-order valence-electron chi connectivity index (χ4n) is 1.87. The lowest BCUT2D eigenvalue weighted by molar-refractivity contribution is 0.544. The summed E-state index contributed by atoms with van der Waals surface area (Å²) in [4.78, 5) is 1.43. The Bertz CT molecular complexity index is 485. The summed E-state index contributed by atoms with van der Waals surface area (Å²) in [5.41, 5.74) is 3.71. The van der Waals surface area contributed by atoms with Gasteiger partial charge in [-0.25, -0.2) is 0 Å². The van der Waals surface area contributed by atoms with Gasteiger partial charge in [-0.3, -0.25) is 4.68 Å². The van der Waals surface area contributed by atoms with Crippen LogP contribution in [0, 0.1) is 20.8 Å². The first-order valence-electron chi connectivity index (χ1n) is 5.91. The topological polar surface area (TPSA) is 29.9 Å². The number of thiophene rings is 1. The third kappa shape index (κ3) is 3.17. The molecule has 0 fully saturated rings. The molecule has 2 heterocycles. The van der Waals surface area contributed by atoms with Crippen molar-refractivity contribution >= 4 is 11.3 Å². The average molecular weight is 249 g/mol. The highest BCUT2D eigenvalue weighted by Gasteiger charge is 2.01. The van der Waals surface area contributed by atoms with Gasteiger partial charge in [0, 0.05) is 23.7 Å². The van der Waals surface area contributed by atoms with Crippen LogP contribution in [0.2, 0.25) is 0 Å². The first-order chi connectivity index (χ1) is 8.16. The van der Waals surface area contributed by atoms with Crippen LogP contribution < -0.4 is 5.32 Å². The normalized spacial score (nSPS) is 11.0. The van der Waals surface area contributed by atoms with Crippen LogP contribution in [0.1, 0.15) is 21.8 Å². The summed E-state index contributed by atoms with van der Waals surface area (Å²) in [6, 6.07) is 4.28. The maximum atomic E-state index is 4.44. The van der Waals surface area contributed by atoms with Crippen LogP contribution in [0.25, 0.3) is 0 Å². The van der Waals surface area contributed by atoms with Gasteiger partial charge < -0.3 is 5.32 Å². The molecule has 0 saturated heterocycles. The molecule has 0 saturated carbocycles. The molecule has 0 aliphatic heterocycles. The van der Waals surface area contributed by atoms with Crippen LogP contribution in [0.4, 0.5) is 0 Å². The predicted octanol–water partition coefficient (Wildman–Crippen LogP) is 2.66. The highest BCUT2D eigenvalue weighted by Crippen LogP contribution is 2.14. The molecule has 17 heavy (non-hydrogen) atoms. The molecule has 2 aromatic rings. The second-order valence-corrected chi connectivity index (χ2v) is 5.35. The molecular weight excluding hydrogens is 230 g/mol. The number of rotatable bonds is 5. The number of aromatic nitrogens is 2. The summed E-state index contributed by atoms with van der Waals surface area (Å²) in [5, 5.41) is 10.1. The smallest absolute Gasteiger partial charge is 0.0596 e. The molecule has 0 aliphatic rings. The van der Waals surface area contributed by atoms with Crippen LogP contribution >= 0.6 is 11.3 Å². The van der Waals surface area contributed by atoms with Crippen LogP contribution in [0.3, 0.4) is 0 Å². The molecule has 0 aliphatic carbocycles. The molecule has 4 heteroatoms. The lowest BCUT2D eigenvalue weighted by Crippen LogP contribution is -2.20. The molecule has 3 nitrogen and oxygen atoms in total. The molecule has 0 aromatic carbocycles. The lowest BCUT2D eigenvalue weighted by Gasteiger charge is -2.06. The van der Waals surface area contributed by atoms with Gasteiger partial charge in [0.05, 0.1) is 12.2 Å². The van der Waals surface area contributed by atoms with Gasteiger partial charge in [0.25, 0.3) is 0 Å². The molecule has 0 unspecified atom stereocenters. The number of hydrogen-bond donors (Lipinski definition) is 1. The van der Waals surface area contributed by atoms with Gasteiger partial charge in [-0.15, -0.1) is 11.3 Å². The number of aryl methyl sites for hydroxylation is 3. The molecule has 1 N–H and O–H groups in total. The van der Waals surface area contributed by atoms with Crippen LogP contribution in [-0.2, 0) is 13.1 Å². The van der Waals surface area contributed by atoms with Crippen molar-refractivity contribution in [2.45, 2.75) is 33.9 Å². The van der Waals surface area contributed by atoms with Crippen molar-refractivity contribution in [1.29, 1.82) is 0 Å². The van der Waals surface area contributed by atoms with Crippen molar-refractivity contribution < 1.29 is 0 Å². The summed E-state index contributed by atoms with van der Waals surface area (Å²) < 4.78 is 2.06. The molecular formula is C13H19N3S. The second kappa shape index (κ2) is 5.47. The Hall–Kier alpha value is -1.13. The zero-order valence-corrected chi connectivity index (χ0v) is 11.5. The van der Waals surface area contributed by atoms with E-state index in [9.17, 15) is 0 Å². The Morgan fingerprint density at radius 3 is 2.76 bits per heavy atom. The quantitative estimate of drug-likeness (QED) is 0.826. The Balaban J connectivity index is 1.77. The fraction of sp³-hybridized carbons (Fsp3) is 0.462. The average Bonchev–Trinajstić information content (AvgIpc) is 2.81. The highest BCUT2D eigenvalue weighted by atomic mass is 32.1. The van der Waals surface area contributed by atoms with E-state index in [1.165, 1.54) is 16.1 Å². The number of nitrogens with zero attached hydrogens (tertiary/aromatic N) is 2.